The van der Waals surface area contributed by atoms with Crippen molar-refractivity contribution < 1.29 is 9.53 Å². The van der Waals surface area contributed by atoms with Gasteiger partial charge in [0.1, 0.15) is 5.75 Å². The molecule has 7 nitrogen and oxygen atoms in total. The maximum atomic E-state index is 12.5. The van der Waals surface area contributed by atoms with Gasteiger partial charge in [0.15, 0.2) is 5.69 Å². The molecule has 26 heavy (non-hydrogen) atoms. The van der Waals surface area contributed by atoms with E-state index in [1.165, 1.54) is 0 Å². The average molecular weight is 359 g/mol. The molecule has 2 aromatic rings. The van der Waals surface area contributed by atoms with Crippen molar-refractivity contribution in [2.45, 2.75) is 53.2 Å². The molecule has 0 aliphatic heterocycles. The molecular formula is C19H29N5O2. The van der Waals surface area contributed by atoms with Gasteiger partial charge in [-0.15, -0.1) is 5.10 Å². The van der Waals surface area contributed by atoms with Crippen molar-refractivity contribution in [2.75, 3.05) is 13.1 Å². The molecule has 0 saturated carbocycles. The summed E-state index contributed by atoms with van der Waals surface area (Å²) in [5.74, 6) is 0.606. The molecule has 0 bridgehead atoms. The molecule has 1 amide bonds. The van der Waals surface area contributed by atoms with E-state index in [4.69, 9.17) is 4.74 Å². The summed E-state index contributed by atoms with van der Waals surface area (Å²) in [6.45, 7) is 11.4. The molecule has 2 rings (SSSR count). The molecule has 2 N–H and O–H groups in total. The van der Waals surface area contributed by atoms with E-state index in [9.17, 15) is 4.79 Å². The first-order valence-electron chi connectivity index (χ1n) is 9.19. The highest BCUT2D eigenvalue weighted by Crippen LogP contribution is 2.18. The van der Waals surface area contributed by atoms with Crippen molar-refractivity contribution in [3.05, 3.63) is 35.7 Å². The number of carbonyl (C=O) groups is 1. The van der Waals surface area contributed by atoms with Crippen LogP contribution in [0.5, 0.6) is 5.75 Å². The van der Waals surface area contributed by atoms with Gasteiger partial charge in [0.05, 0.1) is 17.5 Å². The van der Waals surface area contributed by atoms with Gasteiger partial charge in [-0.2, -0.15) is 0 Å². The molecule has 1 aromatic carbocycles. The van der Waals surface area contributed by atoms with Gasteiger partial charge in [0.2, 0.25) is 0 Å². The molecule has 0 aliphatic carbocycles. The lowest BCUT2D eigenvalue weighted by Gasteiger charge is -2.13. The topological polar surface area (TPSA) is 81.1 Å². The first-order chi connectivity index (χ1) is 12.5. The largest absolute Gasteiger partial charge is 0.491 e. The Morgan fingerprint density at radius 1 is 1.19 bits per heavy atom. The maximum absolute atomic E-state index is 12.5. The van der Waals surface area contributed by atoms with Gasteiger partial charge in [-0.25, -0.2) is 4.68 Å². The average Bonchev–Trinajstić information content (AvgIpc) is 3.04. The SMILES string of the molecule is CCN[C@H](C)CNC(=O)c1nnn(-c2ccc(OC(C)C)cc2)c1CC. The van der Waals surface area contributed by atoms with Crippen molar-refractivity contribution in [1.82, 2.24) is 25.6 Å². The number of nitrogens with one attached hydrogen (secondary N) is 2. The van der Waals surface area contributed by atoms with Crippen LogP contribution in [0.15, 0.2) is 24.3 Å². The fourth-order valence-electron chi connectivity index (χ4n) is 2.69. The zero-order valence-corrected chi connectivity index (χ0v) is 16.2. The van der Waals surface area contributed by atoms with Crippen molar-refractivity contribution in [3.8, 4) is 11.4 Å². The number of carbonyl (C=O) groups excluding carboxylic acids is 1. The number of likely N-dealkylation sites (N-methyl/N-ethyl adjacent to an activating group) is 1. The molecule has 7 heteroatoms. The highest BCUT2D eigenvalue weighted by molar-refractivity contribution is 5.93. The lowest BCUT2D eigenvalue weighted by molar-refractivity contribution is 0.0944. The van der Waals surface area contributed by atoms with Crippen LogP contribution in [0, 0.1) is 0 Å². The smallest absolute Gasteiger partial charge is 0.273 e. The lowest BCUT2D eigenvalue weighted by Crippen LogP contribution is -2.39. The van der Waals surface area contributed by atoms with Crippen LogP contribution in [0.25, 0.3) is 5.69 Å². The zero-order chi connectivity index (χ0) is 19.1. The van der Waals surface area contributed by atoms with Crippen LogP contribution in [0.3, 0.4) is 0 Å². The fourth-order valence-corrected chi connectivity index (χ4v) is 2.69. The molecule has 1 aromatic heterocycles. The van der Waals surface area contributed by atoms with E-state index in [1.807, 2.05) is 58.9 Å². The van der Waals surface area contributed by atoms with E-state index in [0.717, 1.165) is 23.7 Å². The van der Waals surface area contributed by atoms with E-state index in [0.29, 0.717) is 18.7 Å². The monoisotopic (exact) mass is 359 g/mol. The second-order valence-electron chi connectivity index (χ2n) is 6.48. The van der Waals surface area contributed by atoms with Gasteiger partial charge >= 0.3 is 0 Å². The molecule has 0 saturated heterocycles. The van der Waals surface area contributed by atoms with Crippen LogP contribution in [0.4, 0.5) is 0 Å². The molecule has 0 radical (unpaired) electrons. The third-order valence-corrected chi connectivity index (χ3v) is 3.89. The van der Waals surface area contributed by atoms with E-state index in [-0.39, 0.29) is 18.1 Å². The van der Waals surface area contributed by atoms with Crippen molar-refractivity contribution in [3.63, 3.8) is 0 Å². The number of hydrogen-bond donors (Lipinski definition) is 2. The molecule has 0 fully saturated rings. The molecule has 0 aliphatic rings. The number of ether oxygens (including phenoxy) is 1. The van der Waals surface area contributed by atoms with Crippen LogP contribution in [-0.4, -0.2) is 46.1 Å². The van der Waals surface area contributed by atoms with Gasteiger partial charge < -0.3 is 15.4 Å². The minimum Gasteiger partial charge on any atom is -0.491 e. The summed E-state index contributed by atoms with van der Waals surface area (Å²) >= 11 is 0. The van der Waals surface area contributed by atoms with E-state index in [2.05, 4.69) is 20.9 Å². The van der Waals surface area contributed by atoms with Gasteiger partial charge in [-0.3, -0.25) is 4.79 Å². The number of rotatable bonds is 9. The van der Waals surface area contributed by atoms with Gasteiger partial charge in [-0.1, -0.05) is 19.1 Å². The third kappa shape index (κ3) is 5.05. The normalized spacial score (nSPS) is 12.2. The molecule has 142 valence electrons. The second kappa shape index (κ2) is 9.33. The number of benzene rings is 1. The Labute approximate surface area is 155 Å². The summed E-state index contributed by atoms with van der Waals surface area (Å²) in [4.78, 5) is 12.5. The molecular weight excluding hydrogens is 330 g/mol. The standard InChI is InChI=1S/C19H29N5O2/c1-6-17-18(19(25)21-12-14(5)20-7-2)22-23-24(17)15-8-10-16(11-9-15)26-13(3)4/h8-11,13-14,20H,6-7,12H2,1-5H3,(H,21,25)/t14-/m1/s1. The predicted octanol–water partition coefficient (Wildman–Crippen LogP) is 2.34. The highest BCUT2D eigenvalue weighted by Gasteiger charge is 2.19. The van der Waals surface area contributed by atoms with Crippen LogP contribution in [0.2, 0.25) is 0 Å². The summed E-state index contributed by atoms with van der Waals surface area (Å²) in [7, 11) is 0. The molecule has 0 unspecified atom stereocenters. The third-order valence-electron chi connectivity index (χ3n) is 3.89. The quantitative estimate of drug-likeness (QED) is 0.718. The van der Waals surface area contributed by atoms with E-state index in [1.54, 1.807) is 4.68 Å². The van der Waals surface area contributed by atoms with Gasteiger partial charge in [0, 0.05) is 12.6 Å². The summed E-state index contributed by atoms with van der Waals surface area (Å²) in [6.07, 6.45) is 0.779. The van der Waals surface area contributed by atoms with Gasteiger partial charge in [0.25, 0.3) is 5.91 Å². The summed E-state index contributed by atoms with van der Waals surface area (Å²) in [5, 5.41) is 14.5. The zero-order valence-electron chi connectivity index (χ0n) is 16.2. The number of nitrogens with zero attached hydrogens (tertiary/aromatic N) is 3. The van der Waals surface area contributed by atoms with Crippen LogP contribution < -0.4 is 15.4 Å². The number of amides is 1. The Morgan fingerprint density at radius 3 is 2.46 bits per heavy atom. The Bertz CT molecular complexity index is 709. The lowest BCUT2D eigenvalue weighted by atomic mass is 10.2. The van der Waals surface area contributed by atoms with Crippen LogP contribution in [0.1, 0.15) is 50.8 Å². The Kier molecular flexibility index (Phi) is 7.15. The van der Waals surface area contributed by atoms with E-state index < -0.39 is 0 Å². The summed E-state index contributed by atoms with van der Waals surface area (Å²) in [5.41, 5.74) is 2.01. The van der Waals surface area contributed by atoms with Crippen LogP contribution in [-0.2, 0) is 6.42 Å². The highest BCUT2D eigenvalue weighted by atomic mass is 16.5. The van der Waals surface area contributed by atoms with Gasteiger partial charge in [-0.05, 0) is 58.0 Å². The summed E-state index contributed by atoms with van der Waals surface area (Å²) in [6, 6.07) is 7.83. The number of hydrogen-bond acceptors (Lipinski definition) is 5. The Balaban J connectivity index is 2.15. The number of aromatic nitrogens is 3. The molecule has 1 atom stereocenters. The van der Waals surface area contributed by atoms with Crippen LogP contribution >= 0.6 is 0 Å². The Hall–Kier alpha value is -2.41. The molecule has 0 spiro atoms. The minimum absolute atomic E-state index is 0.123. The predicted molar refractivity (Wildman–Crippen MR) is 102 cm³/mol. The summed E-state index contributed by atoms with van der Waals surface area (Å²) < 4.78 is 7.37. The Morgan fingerprint density at radius 2 is 1.88 bits per heavy atom. The van der Waals surface area contributed by atoms with Crippen molar-refractivity contribution >= 4 is 5.91 Å². The first kappa shape index (κ1) is 19.9. The maximum Gasteiger partial charge on any atom is 0.273 e. The van der Waals surface area contributed by atoms with Crippen molar-refractivity contribution in [1.29, 1.82) is 0 Å². The van der Waals surface area contributed by atoms with E-state index >= 15 is 0 Å². The fraction of sp³-hybridized carbons (Fsp3) is 0.526. The first-order valence-corrected chi connectivity index (χ1v) is 9.19. The minimum atomic E-state index is -0.197. The second-order valence-corrected chi connectivity index (χ2v) is 6.48. The van der Waals surface area contributed by atoms with Crippen molar-refractivity contribution in [2.24, 2.45) is 0 Å². The molecule has 1 heterocycles.